The Morgan fingerprint density at radius 2 is 1.77 bits per heavy atom. The lowest BCUT2D eigenvalue weighted by Gasteiger charge is -2.21. The first kappa shape index (κ1) is 23.6. The molecule has 5 atom stereocenters. The number of hydrogen-bond acceptors (Lipinski definition) is 8. The number of aromatic nitrogens is 4. The number of anilines is 1. The normalized spacial score (nSPS) is 23.1. The van der Waals surface area contributed by atoms with Crippen molar-refractivity contribution < 1.29 is 24.1 Å². The first-order valence-corrected chi connectivity index (χ1v) is 11.4. The first-order chi connectivity index (χ1) is 16.9. The van der Waals surface area contributed by atoms with Crippen LogP contribution in [0.3, 0.4) is 0 Å². The molecule has 0 radical (unpaired) electrons. The van der Waals surface area contributed by atoms with Crippen molar-refractivity contribution in [3.05, 3.63) is 83.2 Å². The highest BCUT2D eigenvalue weighted by molar-refractivity contribution is 6.28. The summed E-state index contributed by atoms with van der Waals surface area (Å²) < 4.78 is 26.8. The predicted octanol–water partition coefficient (Wildman–Crippen LogP) is 2.67. The molecular weight excluding hydrogens is 477 g/mol. The Hall–Kier alpha value is -3.15. The van der Waals surface area contributed by atoms with Crippen LogP contribution >= 0.6 is 11.6 Å². The van der Waals surface area contributed by atoms with Gasteiger partial charge in [-0.1, -0.05) is 42.5 Å². The third kappa shape index (κ3) is 4.71. The van der Waals surface area contributed by atoms with Crippen LogP contribution in [0.25, 0.3) is 11.2 Å². The molecule has 35 heavy (non-hydrogen) atoms. The monoisotopic (exact) mass is 499 g/mol. The molecule has 4 N–H and O–H groups in total. The lowest BCUT2D eigenvalue weighted by atomic mass is 9.92. The number of nitrogens with zero attached hydrogens (tertiary/aromatic N) is 4. The Morgan fingerprint density at radius 3 is 2.51 bits per heavy atom. The molecule has 0 saturated carbocycles. The topological polar surface area (TPSA) is 129 Å². The predicted molar refractivity (Wildman–Crippen MR) is 126 cm³/mol. The number of rotatable bonds is 7. The minimum absolute atomic E-state index is 0.0176. The molecule has 0 bridgehead atoms. The maximum atomic E-state index is 13.5. The highest BCUT2D eigenvalue weighted by Gasteiger charge is 2.44. The molecule has 9 nitrogen and oxygen atoms in total. The molecule has 0 amide bonds. The summed E-state index contributed by atoms with van der Waals surface area (Å²) >= 11 is 5.92. The fourth-order valence-corrected chi connectivity index (χ4v) is 4.43. The van der Waals surface area contributed by atoms with Crippen molar-refractivity contribution in [3.63, 3.8) is 0 Å². The van der Waals surface area contributed by atoms with E-state index in [9.17, 15) is 14.6 Å². The third-order valence-electron chi connectivity index (χ3n) is 6.07. The summed E-state index contributed by atoms with van der Waals surface area (Å²) in [6, 6.07) is 16.0. The van der Waals surface area contributed by atoms with Crippen LogP contribution in [0.4, 0.5) is 10.2 Å². The maximum absolute atomic E-state index is 13.5. The van der Waals surface area contributed by atoms with Crippen molar-refractivity contribution in [2.45, 2.75) is 30.5 Å². The summed E-state index contributed by atoms with van der Waals surface area (Å²) in [5, 5.41) is 21.2. The van der Waals surface area contributed by atoms with Gasteiger partial charge in [-0.3, -0.25) is 4.57 Å². The van der Waals surface area contributed by atoms with Crippen LogP contribution in [0.15, 0.2) is 60.9 Å². The SMILES string of the molecule is Nc1nc(Cl)nc2c1ncn2[C@@H]1O[C@H](COCC(c2ccccc2)c2ccc(F)cc2)[C@@H](O)[C@H]1O. The van der Waals surface area contributed by atoms with E-state index in [2.05, 4.69) is 15.0 Å². The minimum Gasteiger partial charge on any atom is -0.387 e. The fourth-order valence-electron chi connectivity index (χ4n) is 4.26. The van der Waals surface area contributed by atoms with Gasteiger partial charge in [0.2, 0.25) is 5.28 Å². The van der Waals surface area contributed by atoms with Gasteiger partial charge >= 0.3 is 0 Å². The van der Waals surface area contributed by atoms with Crippen molar-refractivity contribution >= 4 is 28.6 Å². The highest BCUT2D eigenvalue weighted by Crippen LogP contribution is 2.33. The number of hydrogen-bond donors (Lipinski definition) is 3. The number of nitrogen functional groups attached to an aromatic ring is 1. The zero-order chi connectivity index (χ0) is 24.5. The number of ether oxygens (including phenoxy) is 2. The van der Waals surface area contributed by atoms with E-state index in [1.54, 1.807) is 12.1 Å². The Morgan fingerprint density at radius 1 is 1.06 bits per heavy atom. The van der Waals surface area contributed by atoms with Gasteiger partial charge in [-0.2, -0.15) is 9.97 Å². The lowest BCUT2D eigenvalue weighted by molar-refractivity contribution is -0.0661. The first-order valence-electron chi connectivity index (χ1n) is 11.0. The van der Waals surface area contributed by atoms with Crippen molar-refractivity contribution in [1.29, 1.82) is 0 Å². The van der Waals surface area contributed by atoms with Crippen LogP contribution in [0, 0.1) is 5.82 Å². The quantitative estimate of drug-likeness (QED) is 0.331. The number of aliphatic hydroxyl groups excluding tert-OH is 2. The summed E-state index contributed by atoms with van der Waals surface area (Å²) in [4.78, 5) is 12.2. The molecule has 11 heteroatoms. The molecule has 1 saturated heterocycles. The van der Waals surface area contributed by atoms with Crippen LogP contribution in [0.2, 0.25) is 5.28 Å². The largest absolute Gasteiger partial charge is 0.387 e. The third-order valence-corrected chi connectivity index (χ3v) is 6.24. The van der Waals surface area contributed by atoms with Crippen LogP contribution in [0.1, 0.15) is 23.3 Å². The van der Waals surface area contributed by atoms with E-state index >= 15 is 0 Å². The molecule has 0 spiro atoms. The molecule has 4 aromatic rings. The molecule has 1 unspecified atom stereocenters. The van der Waals surface area contributed by atoms with Crippen LogP contribution in [-0.4, -0.2) is 61.3 Å². The van der Waals surface area contributed by atoms with Crippen LogP contribution < -0.4 is 5.73 Å². The number of nitrogens with two attached hydrogens (primary N) is 1. The summed E-state index contributed by atoms with van der Waals surface area (Å²) in [6.45, 7) is 0.278. The summed E-state index contributed by atoms with van der Waals surface area (Å²) in [5.74, 6) is -0.376. The van der Waals surface area contributed by atoms with Gasteiger partial charge in [-0.15, -0.1) is 0 Å². The zero-order valence-corrected chi connectivity index (χ0v) is 19.2. The van der Waals surface area contributed by atoms with Crippen molar-refractivity contribution in [2.24, 2.45) is 0 Å². The van der Waals surface area contributed by atoms with Gasteiger partial charge in [0.1, 0.15) is 29.6 Å². The van der Waals surface area contributed by atoms with Gasteiger partial charge < -0.3 is 25.4 Å². The van der Waals surface area contributed by atoms with Gasteiger partial charge in [-0.25, -0.2) is 9.37 Å². The van der Waals surface area contributed by atoms with Gasteiger partial charge in [0.15, 0.2) is 17.7 Å². The second kappa shape index (κ2) is 9.84. The molecule has 3 heterocycles. The highest BCUT2D eigenvalue weighted by atomic mass is 35.5. The fraction of sp³-hybridized carbons (Fsp3) is 0.292. The molecule has 182 valence electrons. The number of benzene rings is 2. The molecule has 5 rings (SSSR count). The van der Waals surface area contributed by atoms with E-state index in [1.807, 2.05) is 30.3 Å². The van der Waals surface area contributed by atoms with E-state index in [-0.39, 0.29) is 41.7 Å². The standard InChI is InChI=1S/C24H23ClFN5O4/c25-24-29-21(27)18-22(30-24)31(12-28-18)23-20(33)19(32)17(35-23)11-34-10-16(13-4-2-1-3-5-13)14-6-8-15(26)9-7-14/h1-9,12,16-17,19-20,23,32-33H,10-11H2,(H2,27,29,30)/t16?,17-,19-,20-,23-/m1/s1. The number of aliphatic hydroxyl groups is 2. The second-order valence-corrected chi connectivity index (χ2v) is 8.64. The van der Waals surface area contributed by atoms with E-state index in [0.29, 0.717) is 5.52 Å². The van der Waals surface area contributed by atoms with Crippen molar-refractivity contribution in [2.75, 3.05) is 18.9 Å². The number of halogens is 2. The zero-order valence-electron chi connectivity index (χ0n) is 18.4. The molecule has 2 aromatic carbocycles. The van der Waals surface area contributed by atoms with Crippen LogP contribution in [-0.2, 0) is 9.47 Å². The summed E-state index contributed by atoms with van der Waals surface area (Å²) in [7, 11) is 0. The molecule has 1 aliphatic rings. The minimum atomic E-state index is -1.27. The van der Waals surface area contributed by atoms with Gasteiger partial charge in [0.05, 0.1) is 19.5 Å². The van der Waals surface area contributed by atoms with Gasteiger partial charge in [0.25, 0.3) is 0 Å². The van der Waals surface area contributed by atoms with E-state index in [0.717, 1.165) is 11.1 Å². The average molecular weight is 500 g/mol. The van der Waals surface area contributed by atoms with Crippen molar-refractivity contribution in [3.8, 4) is 0 Å². The Kier molecular flexibility index (Phi) is 6.63. The molecule has 1 fully saturated rings. The smallest absolute Gasteiger partial charge is 0.226 e. The van der Waals surface area contributed by atoms with E-state index in [1.165, 1.54) is 23.0 Å². The summed E-state index contributed by atoms with van der Waals surface area (Å²) in [5.41, 5.74) is 8.33. The maximum Gasteiger partial charge on any atom is 0.226 e. The molecular formula is C24H23ClFN5O4. The van der Waals surface area contributed by atoms with E-state index < -0.39 is 24.5 Å². The molecule has 2 aromatic heterocycles. The summed E-state index contributed by atoms with van der Waals surface area (Å²) in [6.07, 6.45) is -2.87. The number of imidazole rings is 1. The van der Waals surface area contributed by atoms with Crippen LogP contribution in [0.5, 0.6) is 0 Å². The Balaban J connectivity index is 1.30. The lowest BCUT2D eigenvalue weighted by Crippen LogP contribution is -2.34. The molecule has 0 aliphatic carbocycles. The Labute approximate surface area is 204 Å². The van der Waals surface area contributed by atoms with Crippen molar-refractivity contribution in [1.82, 2.24) is 19.5 Å². The second-order valence-electron chi connectivity index (χ2n) is 8.30. The van der Waals surface area contributed by atoms with Gasteiger partial charge in [0, 0.05) is 5.92 Å². The van der Waals surface area contributed by atoms with E-state index in [4.69, 9.17) is 26.8 Å². The van der Waals surface area contributed by atoms with Gasteiger partial charge in [-0.05, 0) is 34.9 Å². The number of fused-ring (bicyclic) bond motifs is 1. The average Bonchev–Trinajstić information content (AvgIpc) is 3.39. The molecule has 1 aliphatic heterocycles. The Bertz CT molecular complexity index is 1310.